The van der Waals surface area contributed by atoms with Crippen LogP contribution in [0.3, 0.4) is 0 Å². The molecule has 2 heterocycles. The van der Waals surface area contributed by atoms with Crippen LogP contribution >= 0.6 is 11.6 Å². The van der Waals surface area contributed by atoms with Gasteiger partial charge >= 0.3 is 6.18 Å². The zero-order valence-electron chi connectivity index (χ0n) is 15.0. The largest absolute Gasteiger partial charge is 0.416 e. The van der Waals surface area contributed by atoms with Crippen molar-refractivity contribution < 1.29 is 22.5 Å². The van der Waals surface area contributed by atoms with E-state index in [1.165, 1.54) is 12.1 Å². The number of hydrogen-bond acceptors (Lipinski definition) is 4. The average molecular weight is 422 g/mol. The number of benzene rings is 2. The van der Waals surface area contributed by atoms with Crippen molar-refractivity contribution in [3.05, 3.63) is 70.6 Å². The van der Waals surface area contributed by atoms with Crippen LogP contribution < -0.4 is 0 Å². The molecule has 1 aliphatic heterocycles. The Kier molecular flexibility index (Phi) is 5.04. The first-order valence-electron chi connectivity index (χ1n) is 8.83. The van der Waals surface area contributed by atoms with Crippen LogP contribution in [0.15, 0.2) is 53.1 Å². The fourth-order valence-corrected chi connectivity index (χ4v) is 3.35. The molecule has 0 bridgehead atoms. The molecule has 29 heavy (non-hydrogen) atoms. The lowest BCUT2D eigenvalue weighted by atomic mass is 10.1. The van der Waals surface area contributed by atoms with Gasteiger partial charge < -0.3 is 9.42 Å². The highest BCUT2D eigenvalue weighted by Gasteiger charge is 2.34. The van der Waals surface area contributed by atoms with Gasteiger partial charge in [-0.2, -0.15) is 18.2 Å². The SMILES string of the molecule is O=C1CC(c2nc(-c3ccc(C(F)(F)F)cc3)no2)CN1Cc1ccc(Cl)cc1. The molecule has 1 unspecified atom stereocenters. The third-order valence-corrected chi connectivity index (χ3v) is 5.01. The first-order valence-corrected chi connectivity index (χ1v) is 9.21. The summed E-state index contributed by atoms with van der Waals surface area (Å²) in [5.41, 5.74) is 0.624. The van der Waals surface area contributed by atoms with Crippen LogP contribution in [0, 0.1) is 0 Å². The fourth-order valence-electron chi connectivity index (χ4n) is 3.23. The molecular weight excluding hydrogens is 407 g/mol. The van der Waals surface area contributed by atoms with E-state index >= 15 is 0 Å². The smallest absolute Gasteiger partial charge is 0.339 e. The van der Waals surface area contributed by atoms with Crippen LogP contribution in [0.5, 0.6) is 0 Å². The lowest BCUT2D eigenvalue weighted by Gasteiger charge is -2.16. The van der Waals surface area contributed by atoms with Gasteiger partial charge in [-0.15, -0.1) is 0 Å². The molecule has 1 amide bonds. The van der Waals surface area contributed by atoms with E-state index in [2.05, 4.69) is 10.1 Å². The van der Waals surface area contributed by atoms with E-state index in [4.69, 9.17) is 16.1 Å². The van der Waals surface area contributed by atoms with Crippen LogP contribution in [0.25, 0.3) is 11.4 Å². The summed E-state index contributed by atoms with van der Waals surface area (Å²) in [6.45, 7) is 0.877. The normalized spacial score (nSPS) is 17.2. The molecule has 1 aromatic heterocycles. The lowest BCUT2D eigenvalue weighted by molar-refractivity contribution is -0.137. The number of rotatable bonds is 4. The van der Waals surface area contributed by atoms with Crippen molar-refractivity contribution in [3.8, 4) is 11.4 Å². The van der Waals surface area contributed by atoms with Gasteiger partial charge in [-0.3, -0.25) is 4.79 Å². The molecule has 0 spiro atoms. The minimum absolute atomic E-state index is 0.0285. The second kappa shape index (κ2) is 7.51. The third-order valence-electron chi connectivity index (χ3n) is 4.76. The Labute approximate surface area is 169 Å². The maximum absolute atomic E-state index is 12.7. The molecule has 0 aliphatic carbocycles. The van der Waals surface area contributed by atoms with Gasteiger partial charge in [0.25, 0.3) is 0 Å². The minimum atomic E-state index is -4.40. The second-order valence-corrected chi connectivity index (χ2v) is 7.27. The number of aromatic nitrogens is 2. The van der Waals surface area contributed by atoms with E-state index in [1.54, 1.807) is 17.0 Å². The topological polar surface area (TPSA) is 59.2 Å². The van der Waals surface area contributed by atoms with Crippen molar-refractivity contribution in [2.45, 2.75) is 25.1 Å². The van der Waals surface area contributed by atoms with Crippen LogP contribution in [0.1, 0.15) is 29.4 Å². The molecule has 2 aromatic carbocycles. The van der Waals surface area contributed by atoms with Crippen LogP contribution in [-0.2, 0) is 17.5 Å². The Hall–Kier alpha value is -2.87. The molecule has 4 rings (SSSR count). The number of alkyl halides is 3. The summed E-state index contributed by atoms with van der Waals surface area (Å²) in [6.07, 6.45) is -4.17. The van der Waals surface area contributed by atoms with Gasteiger partial charge in [-0.25, -0.2) is 0 Å². The predicted octanol–water partition coefficient (Wildman–Crippen LogP) is 4.92. The van der Waals surface area contributed by atoms with Gasteiger partial charge in [0.05, 0.1) is 11.5 Å². The summed E-state index contributed by atoms with van der Waals surface area (Å²) >= 11 is 5.88. The molecule has 1 saturated heterocycles. The van der Waals surface area contributed by atoms with E-state index in [1.807, 2.05) is 12.1 Å². The number of carbonyl (C=O) groups excluding carboxylic acids is 1. The fraction of sp³-hybridized carbons (Fsp3) is 0.250. The quantitative estimate of drug-likeness (QED) is 0.599. The van der Waals surface area contributed by atoms with E-state index in [0.717, 1.165) is 17.7 Å². The highest BCUT2D eigenvalue weighted by Crippen LogP contribution is 2.32. The molecule has 3 aromatic rings. The first kappa shape index (κ1) is 19.4. The molecule has 5 nitrogen and oxygen atoms in total. The average Bonchev–Trinajstić information content (AvgIpc) is 3.30. The molecule has 1 aliphatic rings. The molecular formula is C20H15ClF3N3O2. The maximum Gasteiger partial charge on any atom is 0.416 e. The van der Waals surface area contributed by atoms with E-state index < -0.39 is 11.7 Å². The van der Waals surface area contributed by atoms with E-state index in [-0.39, 0.29) is 24.1 Å². The third kappa shape index (κ3) is 4.27. The van der Waals surface area contributed by atoms with Gasteiger partial charge in [0.2, 0.25) is 17.6 Å². The zero-order valence-corrected chi connectivity index (χ0v) is 15.7. The Bertz CT molecular complexity index is 1020. The monoisotopic (exact) mass is 421 g/mol. The highest BCUT2D eigenvalue weighted by molar-refractivity contribution is 6.30. The number of amides is 1. The number of carbonyl (C=O) groups is 1. The van der Waals surface area contributed by atoms with Crippen molar-refractivity contribution in [1.29, 1.82) is 0 Å². The summed E-state index contributed by atoms with van der Waals surface area (Å²) in [6, 6.07) is 11.8. The van der Waals surface area contributed by atoms with Crippen molar-refractivity contribution in [2.75, 3.05) is 6.54 Å². The number of hydrogen-bond donors (Lipinski definition) is 0. The maximum atomic E-state index is 12.7. The second-order valence-electron chi connectivity index (χ2n) is 6.83. The lowest BCUT2D eigenvalue weighted by Crippen LogP contribution is -2.24. The van der Waals surface area contributed by atoms with Gasteiger partial charge in [-0.05, 0) is 29.8 Å². The minimum Gasteiger partial charge on any atom is -0.339 e. The van der Waals surface area contributed by atoms with Crippen LogP contribution in [0.4, 0.5) is 13.2 Å². The Morgan fingerprint density at radius 1 is 1.10 bits per heavy atom. The number of nitrogens with zero attached hydrogens (tertiary/aromatic N) is 3. The van der Waals surface area contributed by atoms with Crippen molar-refractivity contribution in [2.24, 2.45) is 0 Å². The van der Waals surface area contributed by atoms with Crippen molar-refractivity contribution in [1.82, 2.24) is 15.0 Å². The van der Waals surface area contributed by atoms with Gasteiger partial charge in [0.1, 0.15) is 0 Å². The molecule has 1 fully saturated rings. The summed E-state index contributed by atoms with van der Waals surface area (Å²) < 4.78 is 43.3. The Balaban J connectivity index is 1.45. The van der Waals surface area contributed by atoms with Gasteiger partial charge in [-0.1, -0.05) is 41.0 Å². The standard InChI is InChI=1S/C20H15ClF3N3O2/c21-16-7-1-12(2-8-16)10-27-11-14(9-17(27)28)19-25-18(26-29-19)13-3-5-15(6-4-13)20(22,23)24/h1-8,14H,9-11H2. The molecule has 150 valence electrons. The number of likely N-dealkylation sites (tertiary alicyclic amines) is 1. The molecule has 0 saturated carbocycles. The molecule has 9 heteroatoms. The van der Waals surface area contributed by atoms with Crippen LogP contribution in [-0.4, -0.2) is 27.5 Å². The summed E-state index contributed by atoms with van der Waals surface area (Å²) in [5, 5.41) is 4.48. The Morgan fingerprint density at radius 2 is 1.79 bits per heavy atom. The predicted molar refractivity (Wildman–Crippen MR) is 99.0 cm³/mol. The van der Waals surface area contributed by atoms with Crippen molar-refractivity contribution in [3.63, 3.8) is 0 Å². The first-order chi connectivity index (χ1) is 13.8. The molecule has 0 N–H and O–H groups in total. The number of halogens is 4. The van der Waals surface area contributed by atoms with E-state index in [9.17, 15) is 18.0 Å². The van der Waals surface area contributed by atoms with E-state index in [0.29, 0.717) is 29.6 Å². The van der Waals surface area contributed by atoms with Gasteiger partial charge in [0.15, 0.2) is 0 Å². The molecule has 1 atom stereocenters. The highest BCUT2D eigenvalue weighted by atomic mass is 35.5. The summed E-state index contributed by atoms with van der Waals surface area (Å²) in [7, 11) is 0. The van der Waals surface area contributed by atoms with Crippen molar-refractivity contribution >= 4 is 17.5 Å². The Morgan fingerprint density at radius 3 is 2.45 bits per heavy atom. The summed E-state index contributed by atoms with van der Waals surface area (Å²) in [5.74, 6) is 0.203. The zero-order chi connectivity index (χ0) is 20.6. The molecule has 0 radical (unpaired) electrons. The van der Waals surface area contributed by atoms with Gasteiger partial charge in [0, 0.05) is 30.1 Å². The summed E-state index contributed by atoms with van der Waals surface area (Å²) in [4.78, 5) is 18.3. The van der Waals surface area contributed by atoms with Crippen LogP contribution in [0.2, 0.25) is 5.02 Å².